The minimum Gasteiger partial charge on any atom is -0.489 e. The van der Waals surface area contributed by atoms with Crippen LogP contribution in [0, 0.1) is 0 Å². The van der Waals surface area contributed by atoms with Crippen LogP contribution >= 0.6 is 27.5 Å². The summed E-state index contributed by atoms with van der Waals surface area (Å²) in [5.41, 5.74) is 2.20. The number of benzene rings is 2. The number of nitrogens with one attached hydrogen (secondary N) is 1. The van der Waals surface area contributed by atoms with Gasteiger partial charge in [-0.15, -0.1) is 0 Å². The molecule has 1 N–H and O–H groups in total. The van der Waals surface area contributed by atoms with Crippen molar-refractivity contribution in [3.05, 3.63) is 63.1 Å². The molecule has 0 radical (unpaired) electrons. The first-order chi connectivity index (χ1) is 12.7. The maximum absolute atomic E-state index is 6.25. The molecule has 0 aliphatic heterocycles. The third-order valence-electron chi connectivity index (χ3n) is 5.05. The van der Waals surface area contributed by atoms with Gasteiger partial charge in [-0.3, -0.25) is 0 Å². The van der Waals surface area contributed by atoms with E-state index in [9.17, 15) is 0 Å². The van der Waals surface area contributed by atoms with Crippen LogP contribution in [0.15, 0.2) is 46.9 Å². The summed E-state index contributed by atoms with van der Waals surface area (Å²) in [6, 6.07) is 14.7. The molecule has 0 bridgehead atoms. The molecule has 3 rings (SSSR count). The molecule has 1 aliphatic rings. The lowest BCUT2D eigenvalue weighted by molar-refractivity contribution is 0.300. The molecule has 1 aliphatic carbocycles. The molecule has 0 heterocycles. The van der Waals surface area contributed by atoms with Crippen LogP contribution < -0.4 is 10.1 Å². The lowest BCUT2D eigenvalue weighted by Crippen LogP contribution is -2.29. The zero-order valence-corrected chi connectivity index (χ0v) is 17.5. The summed E-state index contributed by atoms with van der Waals surface area (Å²) in [7, 11) is 0. The van der Waals surface area contributed by atoms with Crippen molar-refractivity contribution in [2.75, 3.05) is 0 Å². The highest BCUT2D eigenvalue weighted by Crippen LogP contribution is 2.26. The van der Waals surface area contributed by atoms with E-state index >= 15 is 0 Å². The lowest BCUT2D eigenvalue weighted by atomic mass is 9.96. The zero-order chi connectivity index (χ0) is 18.2. The van der Waals surface area contributed by atoms with Crippen molar-refractivity contribution >= 4 is 27.5 Å². The van der Waals surface area contributed by atoms with Gasteiger partial charge < -0.3 is 10.1 Å². The van der Waals surface area contributed by atoms with Gasteiger partial charge in [0, 0.05) is 33.2 Å². The third kappa shape index (κ3) is 6.00. The van der Waals surface area contributed by atoms with Crippen molar-refractivity contribution in [2.24, 2.45) is 0 Å². The quantitative estimate of drug-likeness (QED) is 0.532. The number of hydrogen-bond donors (Lipinski definition) is 1. The van der Waals surface area contributed by atoms with E-state index in [1.165, 1.54) is 50.5 Å². The highest BCUT2D eigenvalue weighted by atomic mass is 79.9. The summed E-state index contributed by atoms with van der Waals surface area (Å²) >= 11 is 9.84. The molecule has 2 aromatic rings. The van der Waals surface area contributed by atoms with Crippen LogP contribution in [0.5, 0.6) is 5.75 Å². The Kier molecular flexibility index (Phi) is 7.85. The van der Waals surface area contributed by atoms with Crippen LogP contribution in [0.2, 0.25) is 5.02 Å². The molecular formula is C22H27BrClNO. The van der Waals surface area contributed by atoms with Crippen molar-refractivity contribution in [1.29, 1.82) is 0 Å². The molecule has 0 spiro atoms. The van der Waals surface area contributed by atoms with Crippen molar-refractivity contribution in [3.8, 4) is 5.75 Å². The first-order valence-electron chi connectivity index (χ1n) is 9.60. The molecule has 0 saturated heterocycles. The van der Waals surface area contributed by atoms with E-state index in [4.69, 9.17) is 16.3 Å². The number of halogens is 2. The fourth-order valence-corrected chi connectivity index (χ4v) is 4.11. The Hall–Kier alpha value is -1.03. The van der Waals surface area contributed by atoms with Crippen LogP contribution in [0.1, 0.15) is 56.1 Å². The third-order valence-corrected chi connectivity index (χ3v) is 5.91. The summed E-state index contributed by atoms with van der Waals surface area (Å²) < 4.78 is 7.18. The Labute approximate surface area is 170 Å². The van der Waals surface area contributed by atoms with Gasteiger partial charge in [-0.2, -0.15) is 0 Å². The molecule has 1 fully saturated rings. The minimum atomic E-state index is 0.484. The Morgan fingerprint density at radius 3 is 2.46 bits per heavy atom. The first-order valence-corrected chi connectivity index (χ1v) is 10.8. The molecule has 0 atom stereocenters. The van der Waals surface area contributed by atoms with E-state index in [2.05, 4.69) is 27.3 Å². The molecule has 0 unspecified atom stereocenters. The van der Waals surface area contributed by atoms with Gasteiger partial charge in [-0.05, 0) is 37.1 Å². The number of hydrogen-bond acceptors (Lipinski definition) is 2. The summed E-state index contributed by atoms with van der Waals surface area (Å²) in [5.74, 6) is 0.923. The lowest BCUT2D eigenvalue weighted by Gasteiger charge is -2.22. The van der Waals surface area contributed by atoms with Gasteiger partial charge >= 0.3 is 0 Å². The molecule has 1 saturated carbocycles. The van der Waals surface area contributed by atoms with E-state index in [-0.39, 0.29) is 0 Å². The summed E-state index contributed by atoms with van der Waals surface area (Å²) in [5, 5.41) is 4.50. The molecule has 4 heteroatoms. The maximum Gasteiger partial charge on any atom is 0.124 e. The van der Waals surface area contributed by atoms with Gasteiger partial charge in [0.1, 0.15) is 12.4 Å². The van der Waals surface area contributed by atoms with Gasteiger partial charge in [0.05, 0.1) is 0 Å². The summed E-state index contributed by atoms with van der Waals surface area (Å²) in [6.45, 7) is 1.32. The zero-order valence-electron chi connectivity index (χ0n) is 15.1. The smallest absolute Gasteiger partial charge is 0.124 e. The molecule has 0 amide bonds. The first kappa shape index (κ1) is 19.7. The van der Waals surface area contributed by atoms with E-state index < -0.39 is 0 Å². The molecule has 0 aromatic heterocycles. The van der Waals surface area contributed by atoms with Crippen molar-refractivity contribution in [3.63, 3.8) is 0 Å². The Morgan fingerprint density at radius 2 is 1.69 bits per heavy atom. The van der Waals surface area contributed by atoms with Crippen LogP contribution in [-0.2, 0) is 13.2 Å². The fourth-order valence-electron chi connectivity index (χ4n) is 3.51. The molecular weight excluding hydrogens is 410 g/mol. The Balaban J connectivity index is 1.62. The molecule has 140 valence electrons. The monoisotopic (exact) mass is 435 g/mol. The minimum absolute atomic E-state index is 0.484. The second-order valence-corrected chi connectivity index (χ2v) is 8.38. The van der Waals surface area contributed by atoms with E-state index in [1.54, 1.807) is 0 Å². The van der Waals surface area contributed by atoms with Gasteiger partial charge in [0.25, 0.3) is 0 Å². The fraction of sp³-hybridized carbons (Fsp3) is 0.455. The van der Waals surface area contributed by atoms with Gasteiger partial charge in [0.15, 0.2) is 0 Å². The molecule has 2 nitrogen and oxygen atoms in total. The highest BCUT2D eigenvalue weighted by molar-refractivity contribution is 9.10. The molecule has 26 heavy (non-hydrogen) atoms. The maximum atomic E-state index is 6.25. The van der Waals surface area contributed by atoms with E-state index in [0.29, 0.717) is 12.6 Å². The summed E-state index contributed by atoms with van der Waals surface area (Å²) in [4.78, 5) is 0. The average molecular weight is 437 g/mol. The van der Waals surface area contributed by atoms with Crippen molar-refractivity contribution in [1.82, 2.24) is 5.32 Å². The summed E-state index contributed by atoms with van der Waals surface area (Å²) in [6.07, 6.45) is 9.40. The van der Waals surface area contributed by atoms with Gasteiger partial charge in [-0.1, -0.05) is 77.8 Å². The van der Waals surface area contributed by atoms with Crippen LogP contribution in [0.4, 0.5) is 0 Å². The second kappa shape index (κ2) is 10.3. The van der Waals surface area contributed by atoms with Crippen LogP contribution in [0.25, 0.3) is 0 Å². The highest BCUT2D eigenvalue weighted by Gasteiger charge is 2.13. The molecule has 2 aromatic carbocycles. The predicted molar refractivity (Wildman–Crippen MR) is 113 cm³/mol. The van der Waals surface area contributed by atoms with Crippen LogP contribution in [-0.4, -0.2) is 6.04 Å². The van der Waals surface area contributed by atoms with Crippen molar-refractivity contribution in [2.45, 2.75) is 64.1 Å². The van der Waals surface area contributed by atoms with E-state index in [1.807, 2.05) is 36.4 Å². The van der Waals surface area contributed by atoms with E-state index in [0.717, 1.165) is 27.4 Å². The number of rotatable bonds is 6. The normalized spacial score (nSPS) is 16.1. The van der Waals surface area contributed by atoms with Crippen molar-refractivity contribution < 1.29 is 4.74 Å². The standard InChI is InChI=1S/C22H27BrClNO/c23-19-12-13-22(26-16-17-8-6-7-11-21(17)24)18(14-19)15-25-20-9-4-2-1-3-5-10-20/h6-8,11-14,20,25H,1-5,9-10,15-16H2. The van der Waals surface area contributed by atoms with Gasteiger partial charge in [-0.25, -0.2) is 0 Å². The predicted octanol–water partition coefficient (Wildman–Crippen LogP) is 6.88. The van der Waals surface area contributed by atoms with Crippen LogP contribution in [0.3, 0.4) is 0 Å². The average Bonchev–Trinajstić information content (AvgIpc) is 2.61. The van der Waals surface area contributed by atoms with Gasteiger partial charge in [0.2, 0.25) is 0 Å². The Bertz CT molecular complexity index is 698. The Morgan fingerprint density at radius 1 is 0.962 bits per heavy atom. The second-order valence-electron chi connectivity index (χ2n) is 7.06. The largest absolute Gasteiger partial charge is 0.489 e. The topological polar surface area (TPSA) is 21.3 Å². The number of ether oxygens (including phenoxy) is 1. The SMILES string of the molecule is Clc1ccccc1COc1ccc(Br)cc1CNC1CCCCCCC1.